The van der Waals surface area contributed by atoms with E-state index in [2.05, 4.69) is 49.5 Å². The molecule has 0 aromatic carbocycles. The van der Waals surface area contributed by atoms with Crippen molar-refractivity contribution in [3.05, 3.63) is 61.1 Å². The molecule has 1 aliphatic heterocycles. The molecule has 0 aliphatic carbocycles. The molecule has 0 bridgehead atoms. The van der Waals surface area contributed by atoms with Gasteiger partial charge in [0.2, 0.25) is 12.3 Å². The van der Waals surface area contributed by atoms with Crippen molar-refractivity contribution in [2.24, 2.45) is 5.92 Å². The van der Waals surface area contributed by atoms with Crippen LogP contribution in [-0.2, 0) is 25.6 Å². The minimum Gasteiger partial charge on any atom is -0.359 e. The Hall–Kier alpha value is -3.55. The summed E-state index contributed by atoms with van der Waals surface area (Å²) in [6.45, 7) is 22.8. The lowest BCUT2D eigenvalue weighted by atomic mass is 9.99. The summed E-state index contributed by atoms with van der Waals surface area (Å²) in [6, 6.07) is 6.02. The van der Waals surface area contributed by atoms with Crippen LogP contribution in [0, 0.1) is 12.8 Å². The first-order valence-corrected chi connectivity index (χ1v) is 12.0. The van der Waals surface area contributed by atoms with Crippen LogP contribution in [0.2, 0.25) is 0 Å². The first-order chi connectivity index (χ1) is 17.5. The van der Waals surface area contributed by atoms with Crippen LogP contribution in [-0.4, -0.2) is 59.8 Å². The Morgan fingerprint density at radius 1 is 1.14 bits per heavy atom. The number of amides is 2. The molecule has 0 atom stereocenters. The maximum Gasteiger partial charge on any atom is 0.228 e. The molecule has 0 spiro atoms. The lowest BCUT2D eigenvalue weighted by molar-refractivity contribution is -0.131. The van der Waals surface area contributed by atoms with E-state index in [1.54, 1.807) is 0 Å². The number of nitrogens with zero attached hydrogens (tertiary/aromatic N) is 3. The van der Waals surface area contributed by atoms with Crippen molar-refractivity contribution in [3.8, 4) is 0 Å². The van der Waals surface area contributed by atoms with E-state index in [0.29, 0.717) is 12.8 Å². The number of imidazole rings is 1. The standard InChI is InChI=1S/C16H21N3O.C5H10.C3H7NO.C2H4.2CH2O/c1-12-6-8-18(9-7-12)16(20)10-14-11-19-13(2)4-3-5-15(19)17-14;1-3-5-4-2;1-2-4-3-5;3*1-2/h3-5,11-12H,6-10H2,1-2H3;3,5H,4H2,1-2H3;3H,2H2,1H3,(H,4,5);1-2H2;2*1H2/b;5-3-;;;;. The molecule has 2 aromatic rings. The van der Waals surface area contributed by atoms with Gasteiger partial charge in [0.25, 0.3) is 0 Å². The third kappa shape index (κ3) is 16.1. The van der Waals surface area contributed by atoms with Crippen LogP contribution in [0.25, 0.3) is 5.65 Å². The Morgan fingerprint density at radius 3 is 2.11 bits per heavy atom. The van der Waals surface area contributed by atoms with Crippen LogP contribution >= 0.6 is 0 Å². The predicted octanol–water partition coefficient (Wildman–Crippen LogP) is 4.60. The summed E-state index contributed by atoms with van der Waals surface area (Å²) < 4.78 is 2.04. The highest BCUT2D eigenvalue weighted by atomic mass is 16.2. The number of likely N-dealkylation sites (tertiary alicyclic amines) is 1. The first kappa shape index (κ1) is 37.0. The highest BCUT2D eigenvalue weighted by Crippen LogP contribution is 2.17. The maximum atomic E-state index is 12.3. The number of nitrogens with one attached hydrogen (secondary N) is 1. The quantitative estimate of drug-likeness (QED) is 0.476. The number of piperidine rings is 1. The highest BCUT2D eigenvalue weighted by molar-refractivity contribution is 5.78. The van der Waals surface area contributed by atoms with Crippen LogP contribution in [0.4, 0.5) is 0 Å². The highest BCUT2D eigenvalue weighted by Gasteiger charge is 2.21. The third-order valence-electron chi connectivity index (χ3n) is 4.97. The number of carbonyl (C=O) groups excluding carboxylic acids is 4. The SMILES string of the molecule is C/C=C\CC.C=C.C=O.C=O.CCNC=O.Cc1cccc2nc(CC(=O)N3CCC(C)CC3)cn12. The number of aromatic nitrogens is 2. The number of aryl methyl sites for hydroxylation is 1. The van der Waals surface area contributed by atoms with E-state index in [1.165, 1.54) is 0 Å². The van der Waals surface area contributed by atoms with Gasteiger partial charge in [0.15, 0.2) is 0 Å². The second-order valence-corrected chi connectivity index (χ2v) is 7.52. The second-order valence-electron chi connectivity index (χ2n) is 7.52. The van der Waals surface area contributed by atoms with Crippen molar-refractivity contribution >= 4 is 31.5 Å². The zero-order chi connectivity index (χ0) is 28.4. The van der Waals surface area contributed by atoms with Crippen molar-refractivity contribution < 1.29 is 19.2 Å². The molecule has 36 heavy (non-hydrogen) atoms. The van der Waals surface area contributed by atoms with Crippen molar-refractivity contribution in [1.29, 1.82) is 0 Å². The lowest BCUT2D eigenvalue weighted by Crippen LogP contribution is -2.38. The van der Waals surface area contributed by atoms with E-state index in [1.807, 2.05) is 68.0 Å². The molecule has 1 fully saturated rings. The molecule has 1 N–H and O–H groups in total. The van der Waals surface area contributed by atoms with E-state index >= 15 is 0 Å². The summed E-state index contributed by atoms with van der Waals surface area (Å²) in [4.78, 5) is 44.1. The molecule has 3 heterocycles. The number of carbonyl (C=O) groups is 4. The van der Waals surface area contributed by atoms with Crippen molar-refractivity contribution in [2.75, 3.05) is 19.6 Å². The van der Waals surface area contributed by atoms with Crippen LogP contribution < -0.4 is 5.32 Å². The molecule has 1 aliphatic rings. The van der Waals surface area contributed by atoms with Gasteiger partial charge in [-0.2, -0.15) is 0 Å². The Balaban J connectivity index is -0.000000568. The van der Waals surface area contributed by atoms with E-state index in [-0.39, 0.29) is 5.91 Å². The first-order valence-electron chi connectivity index (χ1n) is 12.0. The summed E-state index contributed by atoms with van der Waals surface area (Å²) >= 11 is 0. The van der Waals surface area contributed by atoms with E-state index in [9.17, 15) is 9.59 Å². The molecule has 0 unspecified atom stereocenters. The molecule has 8 heteroatoms. The fourth-order valence-electron chi connectivity index (χ4n) is 3.13. The zero-order valence-corrected chi connectivity index (χ0v) is 22.9. The summed E-state index contributed by atoms with van der Waals surface area (Å²) in [7, 11) is 0. The van der Waals surface area contributed by atoms with Gasteiger partial charge < -0.3 is 24.2 Å². The number of pyridine rings is 1. The van der Waals surface area contributed by atoms with Gasteiger partial charge in [-0.25, -0.2) is 4.98 Å². The average Bonchev–Trinajstić information content (AvgIpc) is 3.33. The van der Waals surface area contributed by atoms with Crippen LogP contribution in [0.15, 0.2) is 49.7 Å². The van der Waals surface area contributed by atoms with Gasteiger partial charge in [-0.05, 0) is 58.1 Å². The molecule has 202 valence electrons. The van der Waals surface area contributed by atoms with Gasteiger partial charge in [-0.15, -0.1) is 13.2 Å². The molecule has 0 saturated carbocycles. The van der Waals surface area contributed by atoms with E-state index in [4.69, 9.17) is 9.59 Å². The molecule has 8 nitrogen and oxygen atoms in total. The Morgan fingerprint density at radius 2 is 1.72 bits per heavy atom. The fraction of sp³-hybridized carbons (Fsp3) is 0.464. The number of allylic oxidation sites excluding steroid dienone is 2. The lowest BCUT2D eigenvalue weighted by Gasteiger charge is -2.30. The van der Waals surface area contributed by atoms with E-state index in [0.717, 1.165) is 61.8 Å². The molecule has 2 amide bonds. The molecule has 1 saturated heterocycles. The maximum absolute atomic E-state index is 12.3. The fourth-order valence-corrected chi connectivity index (χ4v) is 3.13. The number of hydrogen-bond donors (Lipinski definition) is 1. The number of hydrogen-bond acceptors (Lipinski definition) is 5. The topological polar surface area (TPSA) is 101 Å². The molecular weight excluding hydrogens is 456 g/mol. The Labute approximate surface area is 217 Å². The average molecular weight is 503 g/mol. The Bertz CT molecular complexity index is 838. The molecule has 3 rings (SSSR count). The summed E-state index contributed by atoms with van der Waals surface area (Å²) in [5.41, 5.74) is 2.92. The van der Waals surface area contributed by atoms with Crippen molar-refractivity contribution in [1.82, 2.24) is 19.6 Å². The molecule has 2 aromatic heterocycles. The van der Waals surface area contributed by atoms with Crippen molar-refractivity contribution in [3.63, 3.8) is 0 Å². The Kier molecular flexibility index (Phi) is 26.8. The van der Waals surface area contributed by atoms with Gasteiger partial charge in [0.1, 0.15) is 19.2 Å². The normalized spacial score (nSPS) is 12.0. The van der Waals surface area contributed by atoms with Crippen molar-refractivity contribution in [2.45, 2.75) is 60.3 Å². The summed E-state index contributed by atoms with van der Waals surface area (Å²) in [5.74, 6) is 0.954. The predicted molar refractivity (Wildman–Crippen MR) is 149 cm³/mol. The minimum atomic E-state index is 0.206. The van der Waals surface area contributed by atoms with Gasteiger partial charge in [0, 0.05) is 31.5 Å². The van der Waals surface area contributed by atoms with Gasteiger partial charge in [-0.1, -0.05) is 32.1 Å². The zero-order valence-electron chi connectivity index (χ0n) is 22.9. The van der Waals surface area contributed by atoms with Crippen LogP contribution in [0.1, 0.15) is 58.3 Å². The van der Waals surface area contributed by atoms with Crippen LogP contribution in [0.3, 0.4) is 0 Å². The van der Waals surface area contributed by atoms with Crippen LogP contribution in [0.5, 0.6) is 0 Å². The van der Waals surface area contributed by atoms with Gasteiger partial charge in [-0.3, -0.25) is 9.59 Å². The molecule has 0 radical (unpaired) electrons. The van der Waals surface area contributed by atoms with Gasteiger partial charge in [0.05, 0.1) is 12.1 Å². The third-order valence-corrected chi connectivity index (χ3v) is 4.97. The molecular formula is C28H46N4O4. The second kappa shape index (κ2) is 26.1. The smallest absolute Gasteiger partial charge is 0.228 e. The summed E-state index contributed by atoms with van der Waals surface area (Å²) in [6.07, 6.45) is 10.7. The largest absolute Gasteiger partial charge is 0.359 e. The van der Waals surface area contributed by atoms with Gasteiger partial charge >= 0.3 is 0 Å². The monoisotopic (exact) mass is 502 g/mol. The number of fused-ring (bicyclic) bond motifs is 1. The summed E-state index contributed by atoms with van der Waals surface area (Å²) in [5, 5.41) is 2.43. The minimum absolute atomic E-state index is 0.206. The number of rotatable bonds is 5. The van der Waals surface area contributed by atoms with E-state index < -0.39 is 0 Å².